The van der Waals surface area contributed by atoms with Crippen LogP contribution in [-0.4, -0.2) is 30.9 Å². The average molecular weight is 216 g/mol. The van der Waals surface area contributed by atoms with E-state index in [0.717, 1.165) is 5.56 Å². The molecule has 1 rings (SSSR count). The zero-order valence-electron chi connectivity index (χ0n) is 7.77. The monoisotopic (exact) mass is 216 g/mol. The minimum Gasteiger partial charge on any atom is -0.395 e. The van der Waals surface area contributed by atoms with E-state index in [4.69, 9.17) is 5.11 Å². The molecule has 0 aromatic carbocycles. The summed E-state index contributed by atoms with van der Waals surface area (Å²) in [5.41, 5.74) is 0.918. The van der Waals surface area contributed by atoms with Crippen molar-refractivity contribution in [2.24, 2.45) is 0 Å². The molecule has 0 atom stereocenters. The molecule has 0 bridgehead atoms. The Hall–Kier alpha value is -1.14. The Morgan fingerprint density at radius 1 is 1.57 bits per heavy atom. The third-order valence-corrected chi connectivity index (χ3v) is 2.78. The van der Waals surface area contributed by atoms with Crippen LogP contribution in [0.3, 0.4) is 0 Å². The number of rotatable bonds is 4. The lowest BCUT2D eigenvalue weighted by molar-refractivity contribution is 0.320. The molecule has 0 aliphatic rings. The van der Waals surface area contributed by atoms with Crippen LogP contribution >= 0.6 is 0 Å². The van der Waals surface area contributed by atoms with Crippen LogP contribution in [-0.2, 0) is 10.0 Å². The SMILES string of the molecule is Cc1ccnc(NS(=O)(=O)CCO)c1. The molecule has 0 saturated carbocycles. The number of hydrogen-bond acceptors (Lipinski definition) is 4. The highest BCUT2D eigenvalue weighted by molar-refractivity contribution is 7.92. The van der Waals surface area contributed by atoms with E-state index >= 15 is 0 Å². The fourth-order valence-corrected chi connectivity index (χ4v) is 1.70. The summed E-state index contributed by atoms with van der Waals surface area (Å²) in [6.45, 7) is 1.44. The molecule has 1 aromatic heterocycles. The summed E-state index contributed by atoms with van der Waals surface area (Å²) in [6, 6.07) is 3.39. The highest BCUT2D eigenvalue weighted by Crippen LogP contribution is 2.07. The Labute approximate surface area is 82.9 Å². The lowest BCUT2D eigenvalue weighted by atomic mass is 10.3. The van der Waals surface area contributed by atoms with Crippen molar-refractivity contribution in [3.8, 4) is 0 Å². The van der Waals surface area contributed by atoms with Gasteiger partial charge in [0.25, 0.3) is 0 Å². The quantitative estimate of drug-likeness (QED) is 0.749. The molecule has 0 spiro atoms. The van der Waals surface area contributed by atoms with Gasteiger partial charge in [-0.25, -0.2) is 13.4 Å². The van der Waals surface area contributed by atoms with Crippen LogP contribution in [0.4, 0.5) is 5.82 Å². The van der Waals surface area contributed by atoms with Crippen LogP contribution in [0.1, 0.15) is 5.56 Å². The topological polar surface area (TPSA) is 79.3 Å². The zero-order chi connectivity index (χ0) is 10.6. The largest absolute Gasteiger partial charge is 0.395 e. The van der Waals surface area contributed by atoms with Gasteiger partial charge >= 0.3 is 0 Å². The van der Waals surface area contributed by atoms with E-state index in [1.54, 1.807) is 12.1 Å². The van der Waals surface area contributed by atoms with Gasteiger partial charge < -0.3 is 5.11 Å². The van der Waals surface area contributed by atoms with Gasteiger partial charge in [-0.1, -0.05) is 0 Å². The van der Waals surface area contributed by atoms with Crippen molar-refractivity contribution in [3.05, 3.63) is 23.9 Å². The molecule has 14 heavy (non-hydrogen) atoms. The van der Waals surface area contributed by atoms with E-state index < -0.39 is 16.6 Å². The van der Waals surface area contributed by atoms with Gasteiger partial charge in [0.15, 0.2) is 0 Å². The van der Waals surface area contributed by atoms with Crippen molar-refractivity contribution in [2.45, 2.75) is 6.92 Å². The zero-order valence-corrected chi connectivity index (χ0v) is 8.58. The third kappa shape index (κ3) is 3.31. The number of aromatic nitrogens is 1. The molecule has 0 amide bonds. The van der Waals surface area contributed by atoms with Crippen molar-refractivity contribution >= 4 is 15.8 Å². The molecule has 0 fully saturated rings. The second kappa shape index (κ2) is 4.39. The molecular formula is C8H12N2O3S. The smallest absolute Gasteiger partial charge is 0.236 e. The predicted octanol–water partition coefficient (Wildman–Crippen LogP) is 0.124. The molecule has 1 heterocycles. The Morgan fingerprint density at radius 3 is 2.86 bits per heavy atom. The second-order valence-electron chi connectivity index (χ2n) is 2.86. The Balaban J connectivity index is 2.79. The van der Waals surface area contributed by atoms with Crippen LogP contribution < -0.4 is 4.72 Å². The van der Waals surface area contributed by atoms with Gasteiger partial charge in [0.2, 0.25) is 10.0 Å². The summed E-state index contributed by atoms with van der Waals surface area (Å²) >= 11 is 0. The van der Waals surface area contributed by atoms with E-state index in [1.165, 1.54) is 6.20 Å². The van der Waals surface area contributed by atoms with Crippen molar-refractivity contribution in [1.29, 1.82) is 0 Å². The van der Waals surface area contributed by atoms with E-state index in [0.29, 0.717) is 0 Å². The molecule has 6 heteroatoms. The molecule has 5 nitrogen and oxygen atoms in total. The Morgan fingerprint density at radius 2 is 2.29 bits per heavy atom. The Bertz CT molecular complexity index is 403. The molecule has 0 unspecified atom stereocenters. The van der Waals surface area contributed by atoms with Gasteiger partial charge in [0.05, 0.1) is 12.4 Å². The van der Waals surface area contributed by atoms with Crippen LogP contribution in [0, 0.1) is 6.92 Å². The van der Waals surface area contributed by atoms with Crippen molar-refractivity contribution in [3.63, 3.8) is 0 Å². The predicted molar refractivity (Wildman–Crippen MR) is 53.5 cm³/mol. The molecule has 1 aromatic rings. The number of hydrogen-bond donors (Lipinski definition) is 2. The van der Waals surface area contributed by atoms with Gasteiger partial charge in [0, 0.05) is 6.20 Å². The lowest BCUT2D eigenvalue weighted by Crippen LogP contribution is -2.19. The number of aliphatic hydroxyl groups is 1. The van der Waals surface area contributed by atoms with E-state index in [-0.39, 0.29) is 11.6 Å². The summed E-state index contributed by atoms with van der Waals surface area (Å²) in [5, 5.41) is 8.49. The van der Waals surface area contributed by atoms with E-state index in [9.17, 15) is 8.42 Å². The second-order valence-corrected chi connectivity index (χ2v) is 4.70. The summed E-state index contributed by atoms with van der Waals surface area (Å²) < 4.78 is 24.7. The van der Waals surface area contributed by atoms with Gasteiger partial charge in [0.1, 0.15) is 5.82 Å². The Kier molecular flexibility index (Phi) is 3.43. The fraction of sp³-hybridized carbons (Fsp3) is 0.375. The highest BCUT2D eigenvalue weighted by atomic mass is 32.2. The van der Waals surface area contributed by atoms with Crippen molar-refractivity contribution in [1.82, 2.24) is 4.98 Å². The molecule has 2 N–H and O–H groups in total. The van der Waals surface area contributed by atoms with Crippen LogP contribution in [0.25, 0.3) is 0 Å². The third-order valence-electron chi connectivity index (χ3n) is 1.54. The summed E-state index contributed by atoms with van der Waals surface area (Å²) in [7, 11) is -3.46. The maximum absolute atomic E-state index is 11.2. The maximum atomic E-state index is 11.2. The van der Waals surface area contributed by atoms with Gasteiger partial charge in [-0.3, -0.25) is 4.72 Å². The number of nitrogens with zero attached hydrogens (tertiary/aromatic N) is 1. The van der Waals surface area contributed by atoms with Gasteiger partial charge in [-0.05, 0) is 24.6 Å². The number of pyridine rings is 1. The number of anilines is 1. The van der Waals surface area contributed by atoms with E-state index in [1.807, 2.05) is 6.92 Å². The standard InChI is InChI=1S/C8H12N2O3S/c1-7-2-3-9-8(6-7)10-14(12,13)5-4-11/h2-3,6,11H,4-5H2,1H3,(H,9,10). The molecule has 0 aliphatic carbocycles. The molecule has 0 aliphatic heterocycles. The van der Waals surface area contributed by atoms with Crippen LogP contribution in [0.2, 0.25) is 0 Å². The normalized spacial score (nSPS) is 11.3. The first-order chi connectivity index (χ1) is 6.53. The van der Waals surface area contributed by atoms with Crippen molar-refractivity contribution in [2.75, 3.05) is 17.1 Å². The molecule has 0 radical (unpaired) electrons. The minimum atomic E-state index is -3.46. The highest BCUT2D eigenvalue weighted by Gasteiger charge is 2.09. The first kappa shape index (κ1) is 10.9. The summed E-state index contributed by atoms with van der Waals surface area (Å²) in [5.74, 6) is -0.0405. The van der Waals surface area contributed by atoms with Crippen molar-refractivity contribution < 1.29 is 13.5 Å². The van der Waals surface area contributed by atoms with Gasteiger partial charge in [-0.15, -0.1) is 0 Å². The van der Waals surface area contributed by atoms with Gasteiger partial charge in [-0.2, -0.15) is 0 Å². The lowest BCUT2D eigenvalue weighted by Gasteiger charge is -2.05. The molecular weight excluding hydrogens is 204 g/mol. The summed E-state index contributed by atoms with van der Waals surface area (Å²) in [6.07, 6.45) is 1.52. The van der Waals surface area contributed by atoms with Crippen LogP contribution in [0.5, 0.6) is 0 Å². The molecule has 78 valence electrons. The summed E-state index contributed by atoms with van der Waals surface area (Å²) in [4.78, 5) is 3.84. The number of aliphatic hydroxyl groups excluding tert-OH is 1. The first-order valence-corrected chi connectivity index (χ1v) is 5.73. The first-order valence-electron chi connectivity index (χ1n) is 4.07. The number of sulfonamides is 1. The maximum Gasteiger partial charge on any atom is 0.236 e. The fourth-order valence-electron chi connectivity index (χ4n) is 0.923. The van der Waals surface area contributed by atoms with E-state index in [2.05, 4.69) is 9.71 Å². The molecule has 0 saturated heterocycles. The minimum absolute atomic E-state index is 0.276. The average Bonchev–Trinajstić information content (AvgIpc) is 2.02. The van der Waals surface area contributed by atoms with Crippen LogP contribution in [0.15, 0.2) is 18.3 Å². The number of nitrogens with one attached hydrogen (secondary N) is 1. The number of aryl methyl sites for hydroxylation is 1.